The number of hydrogen-bond acceptors (Lipinski definition) is 3. The number of nitrogens with zero attached hydrogens (tertiary/aromatic N) is 1. The number of carbonyl (C=O) groups excluding carboxylic acids is 1. The van der Waals surface area contributed by atoms with E-state index >= 15 is 0 Å². The molecule has 0 heterocycles. The fourth-order valence-corrected chi connectivity index (χ4v) is 2.36. The lowest BCUT2D eigenvalue weighted by atomic mass is 9.91. The monoisotopic (exact) mass is 281 g/mol. The molecule has 112 valence electrons. The summed E-state index contributed by atoms with van der Waals surface area (Å²) in [5.41, 5.74) is 4.37. The molecule has 0 bridgehead atoms. The van der Waals surface area contributed by atoms with Crippen molar-refractivity contribution in [3.8, 4) is 0 Å². The molecule has 0 aromatic heterocycles. The largest absolute Gasteiger partial charge is 0.401 e. The summed E-state index contributed by atoms with van der Waals surface area (Å²) in [6.07, 6.45) is -2.64. The first-order chi connectivity index (χ1) is 8.62. The summed E-state index contributed by atoms with van der Waals surface area (Å²) in [6, 6.07) is -0.313. The molecule has 1 rings (SSSR count). The minimum Gasteiger partial charge on any atom is -0.368 e. The standard InChI is InChI=1S/C12H22F3N3O/c1-8(2)18(7-12(13,14)15)6-11(17-3,10(16)19)9-4-5-9/h8-9,17H,4-7H2,1-3H3,(H2,16,19). The third kappa shape index (κ3) is 4.07. The Kier molecular flexibility index (Phi) is 4.84. The quantitative estimate of drug-likeness (QED) is 0.735. The smallest absolute Gasteiger partial charge is 0.368 e. The van der Waals surface area contributed by atoms with Crippen LogP contribution in [0, 0.1) is 5.92 Å². The molecule has 1 unspecified atom stereocenters. The van der Waals surface area contributed by atoms with Crippen LogP contribution >= 0.6 is 0 Å². The summed E-state index contributed by atoms with van der Waals surface area (Å²) >= 11 is 0. The second kappa shape index (κ2) is 5.66. The minimum absolute atomic E-state index is 0.0132. The first kappa shape index (κ1) is 16.2. The van der Waals surface area contributed by atoms with Gasteiger partial charge in [0.1, 0.15) is 5.54 Å². The Labute approximate surface area is 111 Å². The van der Waals surface area contributed by atoms with Crippen LogP contribution in [0.4, 0.5) is 13.2 Å². The molecule has 0 saturated heterocycles. The number of hydrogen-bond donors (Lipinski definition) is 2. The van der Waals surface area contributed by atoms with Gasteiger partial charge in [-0.3, -0.25) is 9.69 Å². The molecule has 1 fully saturated rings. The lowest BCUT2D eigenvalue weighted by Gasteiger charge is -2.38. The molecule has 1 saturated carbocycles. The molecular formula is C12H22F3N3O. The van der Waals surface area contributed by atoms with Crippen molar-refractivity contribution in [1.29, 1.82) is 0 Å². The summed E-state index contributed by atoms with van der Waals surface area (Å²) in [5, 5.41) is 2.86. The zero-order valence-electron chi connectivity index (χ0n) is 11.5. The molecule has 7 heteroatoms. The van der Waals surface area contributed by atoms with Crippen LogP contribution in [0.15, 0.2) is 0 Å². The lowest BCUT2D eigenvalue weighted by Crippen LogP contribution is -2.63. The number of halogens is 3. The number of alkyl halides is 3. The predicted molar refractivity (Wildman–Crippen MR) is 66.5 cm³/mol. The Morgan fingerprint density at radius 1 is 1.37 bits per heavy atom. The van der Waals surface area contributed by atoms with Gasteiger partial charge in [-0.1, -0.05) is 0 Å². The molecule has 0 radical (unpaired) electrons. The molecular weight excluding hydrogens is 259 g/mol. The molecule has 3 N–H and O–H groups in total. The van der Waals surface area contributed by atoms with Gasteiger partial charge < -0.3 is 11.1 Å². The maximum atomic E-state index is 12.6. The second-order valence-electron chi connectivity index (χ2n) is 5.47. The van der Waals surface area contributed by atoms with E-state index in [-0.39, 0.29) is 18.5 Å². The van der Waals surface area contributed by atoms with Crippen molar-refractivity contribution in [2.45, 2.75) is 44.4 Å². The normalized spacial score (nSPS) is 19.8. The van der Waals surface area contributed by atoms with Crippen molar-refractivity contribution in [2.24, 2.45) is 11.7 Å². The highest BCUT2D eigenvalue weighted by molar-refractivity contribution is 5.86. The van der Waals surface area contributed by atoms with Crippen molar-refractivity contribution in [2.75, 3.05) is 20.1 Å². The highest BCUT2D eigenvalue weighted by Gasteiger charge is 2.50. The first-order valence-electron chi connectivity index (χ1n) is 6.42. The van der Waals surface area contributed by atoms with E-state index in [2.05, 4.69) is 5.32 Å². The summed E-state index contributed by atoms with van der Waals surface area (Å²) in [4.78, 5) is 13.0. The molecule has 19 heavy (non-hydrogen) atoms. The topological polar surface area (TPSA) is 58.4 Å². The molecule has 1 aliphatic carbocycles. The van der Waals surface area contributed by atoms with Crippen molar-refractivity contribution in [1.82, 2.24) is 10.2 Å². The van der Waals surface area contributed by atoms with Crippen molar-refractivity contribution in [3.63, 3.8) is 0 Å². The predicted octanol–water partition coefficient (Wildman–Crippen LogP) is 1.11. The molecule has 0 aliphatic heterocycles. The average molecular weight is 281 g/mol. The average Bonchev–Trinajstić information content (AvgIpc) is 3.05. The Hall–Kier alpha value is -0.820. The van der Waals surface area contributed by atoms with E-state index in [1.54, 1.807) is 20.9 Å². The Morgan fingerprint density at radius 2 is 1.89 bits per heavy atom. The molecule has 4 nitrogen and oxygen atoms in total. The number of amides is 1. The van der Waals surface area contributed by atoms with Crippen LogP contribution in [0.1, 0.15) is 26.7 Å². The molecule has 0 aromatic rings. The van der Waals surface area contributed by atoms with Crippen molar-refractivity contribution < 1.29 is 18.0 Å². The maximum Gasteiger partial charge on any atom is 0.401 e. The molecule has 1 amide bonds. The molecule has 0 spiro atoms. The molecule has 1 aliphatic rings. The molecule has 0 aromatic carbocycles. The zero-order valence-corrected chi connectivity index (χ0v) is 11.5. The molecule has 1 atom stereocenters. The maximum absolute atomic E-state index is 12.6. The third-order valence-electron chi connectivity index (χ3n) is 3.73. The fourth-order valence-electron chi connectivity index (χ4n) is 2.36. The highest BCUT2D eigenvalue weighted by Crippen LogP contribution is 2.40. The first-order valence-corrected chi connectivity index (χ1v) is 6.42. The van der Waals surface area contributed by atoms with Gasteiger partial charge in [-0.2, -0.15) is 13.2 Å². The van der Waals surface area contributed by atoms with Crippen LogP contribution in [0.5, 0.6) is 0 Å². The van der Waals surface area contributed by atoms with E-state index in [1.807, 2.05) is 0 Å². The summed E-state index contributed by atoms with van der Waals surface area (Å²) in [5.74, 6) is -0.546. The van der Waals surface area contributed by atoms with E-state index in [4.69, 9.17) is 5.73 Å². The van der Waals surface area contributed by atoms with Crippen LogP contribution in [-0.2, 0) is 4.79 Å². The minimum atomic E-state index is -4.29. The van der Waals surface area contributed by atoms with E-state index in [1.165, 1.54) is 4.90 Å². The summed E-state index contributed by atoms with van der Waals surface area (Å²) in [6.45, 7) is 2.31. The number of rotatable bonds is 7. The number of likely N-dealkylation sites (N-methyl/N-ethyl adjacent to an activating group) is 1. The van der Waals surface area contributed by atoms with Gasteiger partial charge in [0, 0.05) is 12.6 Å². The summed E-state index contributed by atoms with van der Waals surface area (Å²) < 4.78 is 37.8. The van der Waals surface area contributed by atoms with Crippen LogP contribution in [-0.4, -0.2) is 48.7 Å². The van der Waals surface area contributed by atoms with Gasteiger partial charge >= 0.3 is 6.18 Å². The van der Waals surface area contributed by atoms with E-state index in [0.717, 1.165) is 12.8 Å². The van der Waals surface area contributed by atoms with Crippen LogP contribution in [0.2, 0.25) is 0 Å². The van der Waals surface area contributed by atoms with Crippen molar-refractivity contribution in [3.05, 3.63) is 0 Å². The Morgan fingerprint density at radius 3 is 2.16 bits per heavy atom. The van der Waals surface area contributed by atoms with Gasteiger partial charge in [0.25, 0.3) is 0 Å². The van der Waals surface area contributed by atoms with E-state index in [0.29, 0.717) is 0 Å². The van der Waals surface area contributed by atoms with Gasteiger partial charge in [-0.05, 0) is 39.7 Å². The summed E-state index contributed by atoms with van der Waals surface area (Å²) in [7, 11) is 1.58. The van der Waals surface area contributed by atoms with Crippen LogP contribution in [0.25, 0.3) is 0 Å². The van der Waals surface area contributed by atoms with Gasteiger partial charge in [0.05, 0.1) is 6.54 Å². The third-order valence-corrected chi connectivity index (χ3v) is 3.73. The zero-order chi connectivity index (χ0) is 14.8. The SMILES string of the molecule is CNC(CN(CC(F)(F)F)C(C)C)(C(N)=O)C1CC1. The number of carbonyl (C=O) groups is 1. The number of nitrogens with two attached hydrogens (primary N) is 1. The fraction of sp³-hybridized carbons (Fsp3) is 0.917. The van der Waals surface area contributed by atoms with Gasteiger partial charge in [0.15, 0.2) is 0 Å². The van der Waals surface area contributed by atoms with Crippen LogP contribution in [0.3, 0.4) is 0 Å². The second-order valence-corrected chi connectivity index (χ2v) is 5.47. The van der Waals surface area contributed by atoms with Gasteiger partial charge in [-0.25, -0.2) is 0 Å². The number of primary amides is 1. The van der Waals surface area contributed by atoms with Gasteiger partial charge in [0.2, 0.25) is 5.91 Å². The Bertz CT molecular complexity index is 329. The Balaban J connectivity index is 2.88. The van der Waals surface area contributed by atoms with Crippen LogP contribution < -0.4 is 11.1 Å². The lowest BCUT2D eigenvalue weighted by molar-refractivity contribution is -0.154. The van der Waals surface area contributed by atoms with Gasteiger partial charge in [-0.15, -0.1) is 0 Å². The van der Waals surface area contributed by atoms with E-state index < -0.39 is 24.2 Å². The van der Waals surface area contributed by atoms with Crippen molar-refractivity contribution >= 4 is 5.91 Å². The number of nitrogens with one attached hydrogen (secondary N) is 1. The highest BCUT2D eigenvalue weighted by atomic mass is 19.4. The van der Waals surface area contributed by atoms with E-state index in [9.17, 15) is 18.0 Å².